The van der Waals surface area contributed by atoms with Gasteiger partial charge in [0.05, 0.1) is 5.76 Å². The normalized spacial score (nSPS) is 16.6. The molecule has 0 spiro atoms. The topological polar surface area (TPSA) is 57.5 Å². The summed E-state index contributed by atoms with van der Waals surface area (Å²) in [5.74, 6) is -0.234. The van der Waals surface area contributed by atoms with Gasteiger partial charge in [0.2, 0.25) is 0 Å². The van der Waals surface area contributed by atoms with E-state index in [1.807, 2.05) is 6.08 Å². The molecule has 0 amide bonds. The van der Waals surface area contributed by atoms with Crippen LogP contribution in [0.2, 0.25) is 0 Å². The van der Waals surface area contributed by atoms with Crippen LogP contribution in [0.3, 0.4) is 0 Å². The molecule has 0 fully saturated rings. The number of carboxylic acid groups (broad SMARTS) is 1. The van der Waals surface area contributed by atoms with E-state index in [0.29, 0.717) is 5.76 Å². The second kappa shape index (κ2) is 6.70. The molecule has 0 heterocycles. The number of carboxylic acids is 1. The van der Waals surface area contributed by atoms with Gasteiger partial charge in [0.1, 0.15) is 0 Å². The predicted molar refractivity (Wildman–Crippen MR) is 47.1 cm³/mol. The quantitative estimate of drug-likeness (QED) is 0.590. The van der Waals surface area contributed by atoms with E-state index < -0.39 is 5.97 Å². The summed E-state index contributed by atoms with van der Waals surface area (Å²) in [5.41, 5.74) is 0. The average Bonchev–Trinajstić information content (AvgIpc) is 2.14. The summed E-state index contributed by atoms with van der Waals surface area (Å²) in [4.78, 5) is 9.00. The Balaban J connectivity index is 0.000000261. The van der Waals surface area contributed by atoms with E-state index in [1.165, 1.54) is 19.3 Å². The van der Waals surface area contributed by atoms with Crippen molar-refractivity contribution in [3.63, 3.8) is 0 Å². The molecule has 0 aromatic heterocycles. The van der Waals surface area contributed by atoms with Crippen LogP contribution in [0.15, 0.2) is 11.8 Å². The largest absolute Gasteiger partial charge is 0.513 e. The van der Waals surface area contributed by atoms with Gasteiger partial charge in [-0.1, -0.05) is 6.42 Å². The van der Waals surface area contributed by atoms with Crippen LogP contribution in [0.1, 0.15) is 39.0 Å². The molecule has 0 radical (unpaired) electrons. The first-order chi connectivity index (χ1) is 5.63. The van der Waals surface area contributed by atoms with Crippen LogP contribution in [0.25, 0.3) is 0 Å². The minimum atomic E-state index is -0.833. The van der Waals surface area contributed by atoms with Crippen molar-refractivity contribution in [2.45, 2.75) is 39.0 Å². The fraction of sp³-hybridized carbons (Fsp3) is 0.667. The zero-order valence-electron chi connectivity index (χ0n) is 7.42. The number of allylic oxidation sites excluding steroid dienone is 2. The van der Waals surface area contributed by atoms with Crippen LogP contribution >= 0.6 is 0 Å². The fourth-order valence-electron chi connectivity index (χ4n) is 0.998. The molecule has 1 aliphatic rings. The van der Waals surface area contributed by atoms with Crippen LogP contribution in [0.5, 0.6) is 0 Å². The first-order valence-corrected chi connectivity index (χ1v) is 4.20. The Morgan fingerprint density at radius 1 is 1.42 bits per heavy atom. The van der Waals surface area contributed by atoms with E-state index in [-0.39, 0.29) is 0 Å². The molecule has 12 heavy (non-hydrogen) atoms. The summed E-state index contributed by atoms with van der Waals surface area (Å²) < 4.78 is 0. The Kier molecular flexibility index (Phi) is 6.15. The number of hydrogen-bond acceptors (Lipinski definition) is 2. The van der Waals surface area contributed by atoms with E-state index in [9.17, 15) is 0 Å². The molecule has 2 N–H and O–H groups in total. The average molecular weight is 172 g/mol. The summed E-state index contributed by atoms with van der Waals surface area (Å²) in [7, 11) is 0. The van der Waals surface area contributed by atoms with E-state index in [0.717, 1.165) is 19.8 Å². The van der Waals surface area contributed by atoms with Gasteiger partial charge in [0.15, 0.2) is 0 Å². The van der Waals surface area contributed by atoms with Gasteiger partial charge >= 0.3 is 0 Å². The Hall–Kier alpha value is -0.990. The third-order valence-electron chi connectivity index (χ3n) is 1.52. The van der Waals surface area contributed by atoms with Crippen molar-refractivity contribution in [3.05, 3.63) is 11.8 Å². The molecule has 0 atom stereocenters. The molecular weight excluding hydrogens is 156 g/mol. The van der Waals surface area contributed by atoms with Gasteiger partial charge in [-0.2, -0.15) is 0 Å². The lowest BCUT2D eigenvalue weighted by Crippen LogP contribution is -1.78. The maximum Gasteiger partial charge on any atom is 0.300 e. The molecule has 3 heteroatoms. The minimum Gasteiger partial charge on any atom is -0.513 e. The number of hydrogen-bond donors (Lipinski definition) is 2. The standard InChI is InChI=1S/C7H12O.C2H4O2/c8-7-5-3-1-2-4-6-7;1-2(3)4/h5,8H,1-4,6H2;1H3,(H,3,4). The van der Waals surface area contributed by atoms with Gasteiger partial charge in [-0.25, -0.2) is 0 Å². The highest BCUT2D eigenvalue weighted by Crippen LogP contribution is 2.13. The Morgan fingerprint density at radius 3 is 2.58 bits per heavy atom. The van der Waals surface area contributed by atoms with Crippen molar-refractivity contribution in [2.24, 2.45) is 0 Å². The molecule has 0 saturated heterocycles. The number of rotatable bonds is 0. The predicted octanol–water partition coefficient (Wildman–Crippen LogP) is 2.48. The summed E-state index contributed by atoms with van der Waals surface area (Å²) in [6.45, 7) is 1.08. The molecule has 0 bridgehead atoms. The minimum absolute atomic E-state index is 0.600. The number of aliphatic hydroxyl groups excluding tert-OH is 1. The molecule has 0 aliphatic heterocycles. The maximum absolute atomic E-state index is 9.00. The highest BCUT2D eigenvalue weighted by atomic mass is 16.4. The maximum atomic E-state index is 9.00. The van der Waals surface area contributed by atoms with Crippen LogP contribution in [0.4, 0.5) is 0 Å². The van der Waals surface area contributed by atoms with Crippen LogP contribution in [-0.2, 0) is 4.79 Å². The summed E-state index contributed by atoms with van der Waals surface area (Å²) in [6.07, 6.45) is 7.62. The van der Waals surface area contributed by atoms with Gasteiger partial charge in [0.25, 0.3) is 5.97 Å². The van der Waals surface area contributed by atoms with Crippen molar-refractivity contribution in [1.82, 2.24) is 0 Å². The zero-order chi connectivity index (χ0) is 9.40. The van der Waals surface area contributed by atoms with E-state index in [1.54, 1.807) is 0 Å². The van der Waals surface area contributed by atoms with E-state index in [4.69, 9.17) is 15.0 Å². The first-order valence-electron chi connectivity index (χ1n) is 4.20. The second-order valence-electron chi connectivity index (χ2n) is 2.81. The lowest BCUT2D eigenvalue weighted by Gasteiger charge is -1.90. The molecule has 0 aromatic rings. The smallest absolute Gasteiger partial charge is 0.300 e. The van der Waals surface area contributed by atoms with E-state index >= 15 is 0 Å². The fourth-order valence-corrected chi connectivity index (χ4v) is 0.998. The van der Waals surface area contributed by atoms with Crippen molar-refractivity contribution in [3.8, 4) is 0 Å². The first kappa shape index (κ1) is 11.0. The summed E-state index contributed by atoms with van der Waals surface area (Å²) in [5, 5.41) is 16.4. The van der Waals surface area contributed by atoms with E-state index in [2.05, 4.69) is 0 Å². The zero-order valence-corrected chi connectivity index (χ0v) is 7.42. The number of carbonyl (C=O) groups is 1. The molecule has 1 aliphatic carbocycles. The van der Waals surface area contributed by atoms with Crippen molar-refractivity contribution in [1.29, 1.82) is 0 Å². The van der Waals surface area contributed by atoms with Crippen molar-refractivity contribution < 1.29 is 15.0 Å². The lowest BCUT2D eigenvalue weighted by atomic mass is 10.2. The third kappa shape index (κ3) is 9.01. The van der Waals surface area contributed by atoms with Gasteiger partial charge < -0.3 is 10.2 Å². The second-order valence-corrected chi connectivity index (χ2v) is 2.81. The van der Waals surface area contributed by atoms with Gasteiger partial charge in [-0.15, -0.1) is 0 Å². The molecule has 0 saturated carbocycles. The Morgan fingerprint density at radius 2 is 2.00 bits per heavy atom. The monoisotopic (exact) mass is 172 g/mol. The molecular formula is C9H16O3. The van der Waals surface area contributed by atoms with Gasteiger partial charge in [-0.05, 0) is 25.3 Å². The lowest BCUT2D eigenvalue weighted by molar-refractivity contribution is -0.134. The molecule has 3 nitrogen and oxygen atoms in total. The SMILES string of the molecule is CC(=O)O.OC1=CCCCCC1. The van der Waals surface area contributed by atoms with Crippen LogP contribution in [0, 0.1) is 0 Å². The van der Waals surface area contributed by atoms with Crippen LogP contribution in [-0.4, -0.2) is 16.2 Å². The van der Waals surface area contributed by atoms with Gasteiger partial charge in [0, 0.05) is 13.3 Å². The number of aliphatic hydroxyl groups is 1. The molecule has 0 aromatic carbocycles. The van der Waals surface area contributed by atoms with Crippen molar-refractivity contribution >= 4 is 5.97 Å². The van der Waals surface area contributed by atoms with Crippen LogP contribution < -0.4 is 0 Å². The molecule has 1 rings (SSSR count). The molecule has 0 unspecified atom stereocenters. The summed E-state index contributed by atoms with van der Waals surface area (Å²) >= 11 is 0. The Bertz CT molecular complexity index is 157. The third-order valence-corrected chi connectivity index (χ3v) is 1.52. The number of aliphatic carboxylic acids is 1. The molecule has 70 valence electrons. The van der Waals surface area contributed by atoms with Gasteiger partial charge in [-0.3, -0.25) is 4.79 Å². The Labute approximate surface area is 72.7 Å². The highest BCUT2D eigenvalue weighted by molar-refractivity contribution is 5.62. The highest BCUT2D eigenvalue weighted by Gasteiger charge is 1.97. The van der Waals surface area contributed by atoms with Crippen molar-refractivity contribution in [2.75, 3.05) is 0 Å². The summed E-state index contributed by atoms with van der Waals surface area (Å²) in [6, 6.07) is 0.